The standard InChI is InChI=1S/C4H7NO.C4H10/c1-3-4(6)5-2;1-3-4-2/h3H,1H2,2H3,(H,5,6);3-4H2,1-2H3. The number of nitrogens with one attached hydrogen (secondary N) is 1. The summed E-state index contributed by atoms with van der Waals surface area (Å²) < 4.78 is 0. The zero-order valence-corrected chi connectivity index (χ0v) is 7.11. The molecule has 0 saturated carbocycles. The first kappa shape index (κ1) is 11.9. The number of carbonyl (C=O) groups excluding carboxylic acids is 1. The maximum Gasteiger partial charge on any atom is 0.243 e. The van der Waals surface area contributed by atoms with Crippen LogP contribution >= 0.6 is 0 Å². The summed E-state index contributed by atoms with van der Waals surface area (Å²) in [6.45, 7) is 7.58. The van der Waals surface area contributed by atoms with Crippen LogP contribution in [0.15, 0.2) is 12.7 Å². The lowest BCUT2D eigenvalue weighted by atomic mass is 10.4. The molecule has 0 aromatic rings. The van der Waals surface area contributed by atoms with Crippen molar-refractivity contribution >= 4 is 5.91 Å². The van der Waals surface area contributed by atoms with Crippen LogP contribution in [0.1, 0.15) is 26.7 Å². The Kier molecular flexibility index (Phi) is 13.2. The van der Waals surface area contributed by atoms with Crippen molar-refractivity contribution in [1.29, 1.82) is 0 Å². The van der Waals surface area contributed by atoms with E-state index in [1.165, 1.54) is 18.9 Å². The molecule has 1 amide bonds. The Bertz CT molecular complexity index is 87.3. The van der Waals surface area contributed by atoms with Crippen molar-refractivity contribution in [2.24, 2.45) is 0 Å². The minimum atomic E-state index is -0.144. The summed E-state index contributed by atoms with van der Waals surface area (Å²) in [4.78, 5) is 9.95. The number of hydrogen-bond donors (Lipinski definition) is 1. The van der Waals surface area contributed by atoms with Crippen LogP contribution in [0.25, 0.3) is 0 Å². The fourth-order valence-corrected chi connectivity index (χ4v) is 0.102. The van der Waals surface area contributed by atoms with Gasteiger partial charge in [0.05, 0.1) is 0 Å². The molecule has 0 bridgehead atoms. The Morgan fingerprint density at radius 3 is 1.90 bits per heavy atom. The monoisotopic (exact) mass is 143 g/mol. The smallest absolute Gasteiger partial charge is 0.243 e. The first-order chi connectivity index (χ1) is 4.72. The molecule has 0 atom stereocenters. The summed E-state index contributed by atoms with van der Waals surface area (Å²) in [5.74, 6) is -0.144. The van der Waals surface area contributed by atoms with E-state index in [1.54, 1.807) is 7.05 Å². The Hall–Kier alpha value is -0.790. The topological polar surface area (TPSA) is 29.1 Å². The Morgan fingerprint density at radius 1 is 1.50 bits per heavy atom. The van der Waals surface area contributed by atoms with E-state index in [1.807, 2.05) is 0 Å². The SMILES string of the molecule is C=CC(=O)NC.CCCC. The van der Waals surface area contributed by atoms with Gasteiger partial charge in [0.25, 0.3) is 0 Å². The summed E-state index contributed by atoms with van der Waals surface area (Å²) in [7, 11) is 1.56. The molecule has 0 aliphatic rings. The van der Waals surface area contributed by atoms with Crippen LogP contribution in [0.4, 0.5) is 0 Å². The molecule has 1 N–H and O–H groups in total. The number of likely N-dealkylation sites (N-methyl/N-ethyl adjacent to an activating group) is 1. The van der Waals surface area contributed by atoms with E-state index in [0.29, 0.717) is 0 Å². The van der Waals surface area contributed by atoms with Crippen molar-refractivity contribution in [2.75, 3.05) is 7.05 Å². The van der Waals surface area contributed by atoms with Gasteiger partial charge in [-0.1, -0.05) is 33.3 Å². The molecule has 0 aliphatic heterocycles. The Balaban J connectivity index is 0. The average molecular weight is 143 g/mol. The number of amides is 1. The molecule has 2 nitrogen and oxygen atoms in total. The van der Waals surface area contributed by atoms with Gasteiger partial charge in [-0.15, -0.1) is 0 Å². The van der Waals surface area contributed by atoms with Gasteiger partial charge in [-0.25, -0.2) is 0 Å². The molecule has 0 aliphatic carbocycles. The van der Waals surface area contributed by atoms with E-state index < -0.39 is 0 Å². The normalized spacial score (nSPS) is 7.10. The van der Waals surface area contributed by atoms with E-state index in [2.05, 4.69) is 25.7 Å². The molecule has 0 heterocycles. The minimum Gasteiger partial charge on any atom is -0.356 e. The summed E-state index contributed by atoms with van der Waals surface area (Å²) in [6.07, 6.45) is 3.86. The van der Waals surface area contributed by atoms with Crippen LogP contribution in [-0.2, 0) is 4.79 Å². The third kappa shape index (κ3) is 15.7. The molecule has 10 heavy (non-hydrogen) atoms. The molecule has 0 fully saturated rings. The maximum atomic E-state index is 9.95. The molecular formula is C8H17NO. The third-order valence-electron chi connectivity index (χ3n) is 0.932. The average Bonchev–Trinajstić information content (AvgIpc) is 2.03. The summed E-state index contributed by atoms with van der Waals surface area (Å²) in [5, 5.41) is 2.36. The first-order valence-electron chi connectivity index (χ1n) is 3.57. The fraction of sp³-hybridized carbons (Fsp3) is 0.625. The van der Waals surface area contributed by atoms with Gasteiger partial charge in [0.2, 0.25) is 5.91 Å². The van der Waals surface area contributed by atoms with Crippen LogP contribution in [0.2, 0.25) is 0 Å². The zero-order chi connectivity index (χ0) is 8.41. The molecule has 0 rings (SSSR count). The largest absolute Gasteiger partial charge is 0.356 e. The highest BCUT2D eigenvalue weighted by Gasteiger charge is 1.78. The Morgan fingerprint density at radius 2 is 1.90 bits per heavy atom. The predicted molar refractivity (Wildman–Crippen MR) is 44.8 cm³/mol. The van der Waals surface area contributed by atoms with Crippen molar-refractivity contribution in [1.82, 2.24) is 5.32 Å². The highest BCUT2D eigenvalue weighted by Crippen LogP contribution is 1.76. The molecule has 0 unspecified atom stereocenters. The predicted octanol–water partition coefficient (Wildman–Crippen LogP) is 1.72. The summed E-state index contributed by atoms with van der Waals surface area (Å²) in [5.41, 5.74) is 0. The van der Waals surface area contributed by atoms with Gasteiger partial charge >= 0.3 is 0 Å². The summed E-state index contributed by atoms with van der Waals surface area (Å²) in [6, 6.07) is 0. The van der Waals surface area contributed by atoms with Crippen molar-refractivity contribution in [3.63, 3.8) is 0 Å². The molecule has 60 valence electrons. The third-order valence-corrected chi connectivity index (χ3v) is 0.932. The van der Waals surface area contributed by atoms with Gasteiger partial charge in [0.1, 0.15) is 0 Å². The molecule has 0 spiro atoms. The lowest BCUT2D eigenvalue weighted by molar-refractivity contribution is -0.116. The van der Waals surface area contributed by atoms with E-state index in [0.717, 1.165) is 0 Å². The van der Waals surface area contributed by atoms with Crippen LogP contribution in [0, 0.1) is 0 Å². The lowest BCUT2D eigenvalue weighted by Gasteiger charge is -1.82. The summed E-state index contributed by atoms with van der Waals surface area (Å²) >= 11 is 0. The van der Waals surface area contributed by atoms with Crippen LogP contribution < -0.4 is 5.32 Å². The van der Waals surface area contributed by atoms with Gasteiger partial charge in [0, 0.05) is 7.05 Å². The second kappa shape index (κ2) is 11.1. The van der Waals surface area contributed by atoms with Gasteiger partial charge in [-0.05, 0) is 6.08 Å². The van der Waals surface area contributed by atoms with E-state index in [-0.39, 0.29) is 5.91 Å². The van der Waals surface area contributed by atoms with Crippen LogP contribution in [0.3, 0.4) is 0 Å². The zero-order valence-electron chi connectivity index (χ0n) is 7.11. The number of carbonyl (C=O) groups is 1. The van der Waals surface area contributed by atoms with E-state index >= 15 is 0 Å². The van der Waals surface area contributed by atoms with Gasteiger partial charge < -0.3 is 5.32 Å². The molecule has 2 heteroatoms. The van der Waals surface area contributed by atoms with Gasteiger partial charge in [0.15, 0.2) is 0 Å². The van der Waals surface area contributed by atoms with Crippen molar-refractivity contribution in [3.05, 3.63) is 12.7 Å². The van der Waals surface area contributed by atoms with Crippen molar-refractivity contribution in [2.45, 2.75) is 26.7 Å². The lowest BCUT2D eigenvalue weighted by Crippen LogP contribution is -2.13. The maximum absolute atomic E-state index is 9.95. The number of unbranched alkanes of at least 4 members (excludes halogenated alkanes) is 1. The van der Waals surface area contributed by atoms with Gasteiger partial charge in [-0.3, -0.25) is 4.79 Å². The first-order valence-corrected chi connectivity index (χ1v) is 3.57. The molecule has 0 saturated heterocycles. The Labute approximate surface area is 63.3 Å². The van der Waals surface area contributed by atoms with Crippen molar-refractivity contribution in [3.8, 4) is 0 Å². The number of hydrogen-bond acceptors (Lipinski definition) is 1. The highest BCUT2D eigenvalue weighted by atomic mass is 16.1. The quantitative estimate of drug-likeness (QED) is 0.586. The molecular weight excluding hydrogens is 126 g/mol. The van der Waals surface area contributed by atoms with E-state index in [4.69, 9.17) is 0 Å². The molecule has 0 radical (unpaired) electrons. The fourth-order valence-electron chi connectivity index (χ4n) is 0.102. The number of rotatable bonds is 2. The van der Waals surface area contributed by atoms with Crippen LogP contribution in [0.5, 0.6) is 0 Å². The van der Waals surface area contributed by atoms with Crippen molar-refractivity contribution < 1.29 is 4.79 Å². The van der Waals surface area contributed by atoms with E-state index in [9.17, 15) is 4.79 Å². The van der Waals surface area contributed by atoms with Crippen LogP contribution in [-0.4, -0.2) is 13.0 Å². The van der Waals surface area contributed by atoms with Gasteiger partial charge in [-0.2, -0.15) is 0 Å². The minimum absolute atomic E-state index is 0.144. The second-order valence-corrected chi connectivity index (χ2v) is 1.82. The second-order valence-electron chi connectivity index (χ2n) is 1.82. The molecule has 0 aromatic heterocycles. The highest BCUT2D eigenvalue weighted by molar-refractivity contribution is 5.86. The molecule has 0 aromatic carbocycles.